The first-order valence-electron chi connectivity index (χ1n) is 3.25. The van der Waals surface area contributed by atoms with Crippen molar-refractivity contribution in [3.63, 3.8) is 0 Å². The van der Waals surface area contributed by atoms with Crippen LogP contribution in [0.1, 0.15) is 11.1 Å². The molecular formula is C7H5F3O2S. The van der Waals surface area contributed by atoms with Gasteiger partial charge in [-0.1, -0.05) is 0 Å². The highest BCUT2D eigenvalue weighted by Crippen LogP contribution is 2.34. The average molecular weight is 210 g/mol. The van der Waals surface area contributed by atoms with E-state index in [9.17, 15) is 18.0 Å². The molecule has 0 unspecified atom stereocenters. The molecule has 0 atom stereocenters. The highest BCUT2D eigenvalue weighted by atomic mass is 32.1. The predicted molar refractivity (Wildman–Crippen MR) is 40.7 cm³/mol. The fourth-order valence-corrected chi connectivity index (χ4v) is 1.74. The molecule has 0 radical (unpaired) electrons. The Morgan fingerprint density at radius 3 is 2.54 bits per heavy atom. The normalized spacial score (nSPS) is 11.6. The van der Waals surface area contributed by atoms with E-state index in [0.29, 0.717) is 0 Å². The van der Waals surface area contributed by atoms with E-state index >= 15 is 0 Å². The molecule has 72 valence electrons. The van der Waals surface area contributed by atoms with Crippen LogP contribution in [-0.2, 0) is 17.4 Å². The molecule has 0 aromatic carbocycles. The molecule has 1 N–H and O–H groups in total. The molecule has 0 saturated carbocycles. The number of thiophene rings is 1. The van der Waals surface area contributed by atoms with Gasteiger partial charge in [0, 0.05) is 5.38 Å². The van der Waals surface area contributed by atoms with Crippen molar-refractivity contribution >= 4 is 17.3 Å². The molecule has 0 aliphatic rings. The number of carboxylic acid groups (broad SMARTS) is 1. The lowest BCUT2D eigenvalue weighted by Gasteiger charge is -2.05. The topological polar surface area (TPSA) is 37.3 Å². The molecular weight excluding hydrogens is 205 g/mol. The Morgan fingerprint density at radius 2 is 2.08 bits per heavy atom. The van der Waals surface area contributed by atoms with Gasteiger partial charge in [0.2, 0.25) is 0 Å². The number of carboxylic acids is 1. The van der Waals surface area contributed by atoms with Crippen molar-refractivity contribution in [1.82, 2.24) is 0 Å². The molecule has 2 nitrogen and oxygen atoms in total. The maximum atomic E-state index is 12.1. The van der Waals surface area contributed by atoms with Crippen LogP contribution in [0.2, 0.25) is 0 Å². The summed E-state index contributed by atoms with van der Waals surface area (Å²) in [7, 11) is 0. The monoisotopic (exact) mass is 210 g/mol. The molecule has 1 rings (SSSR count). The molecule has 0 fully saturated rings. The third-order valence-electron chi connectivity index (χ3n) is 1.39. The molecule has 0 aliphatic carbocycles. The van der Waals surface area contributed by atoms with Crippen LogP contribution < -0.4 is 0 Å². The second-order valence-corrected chi connectivity index (χ2v) is 3.12. The van der Waals surface area contributed by atoms with Gasteiger partial charge in [-0.05, 0) is 10.9 Å². The van der Waals surface area contributed by atoms with Gasteiger partial charge in [-0.3, -0.25) is 4.79 Å². The number of halogens is 3. The Kier molecular flexibility index (Phi) is 2.60. The molecule has 0 aliphatic heterocycles. The van der Waals surface area contributed by atoms with Crippen molar-refractivity contribution in [1.29, 1.82) is 0 Å². The van der Waals surface area contributed by atoms with Crippen LogP contribution in [0.15, 0.2) is 10.8 Å². The van der Waals surface area contributed by atoms with Crippen LogP contribution >= 0.6 is 11.3 Å². The number of hydrogen-bond acceptors (Lipinski definition) is 2. The lowest BCUT2D eigenvalue weighted by Crippen LogP contribution is -2.09. The van der Waals surface area contributed by atoms with Gasteiger partial charge in [0.05, 0.1) is 12.0 Å². The lowest BCUT2D eigenvalue weighted by atomic mass is 10.1. The van der Waals surface area contributed by atoms with Crippen molar-refractivity contribution < 1.29 is 23.1 Å². The molecule has 1 heterocycles. The first kappa shape index (κ1) is 10.0. The minimum Gasteiger partial charge on any atom is -0.481 e. The van der Waals surface area contributed by atoms with Crippen molar-refractivity contribution in [2.75, 3.05) is 0 Å². The summed E-state index contributed by atoms with van der Waals surface area (Å²) >= 11 is 0.852. The first-order chi connectivity index (χ1) is 5.91. The number of rotatable bonds is 2. The highest BCUT2D eigenvalue weighted by Gasteiger charge is 2.34. The van der Waals surface area contributed by atoms with Gasteiger partial charge >= 0.3 is 12.1 Å². The Hall–Kier alpha value is -1.04. The van der Waals surface area contributed by atoms with Gasteiger partial charge in [-0.2, -0.15) is 24.5 Å². The summed E-state index contributed by atoms with van der Waals surface area (Å²) in [6.07, 6.45) is -5.04. The summed E-state index contributed by atoms with van der Waals surface area (Å²) in [5.41, 5.74) is -1.02. The molecule has 0 amide bonds. The molecule has 1 aromatic rings. The van der Waals surface area contributed by atoms with E-state index in [1.165, 1.54) is 5.38 Å². The predicted octanol–water partition coefficient (Wildman–Crippen LogP) is 2.39. The van der Waals surface area contributed by atoms with Crippen molar-refractivity contribution in [2.24, 2.45) is 0 Å². The lowest BCUT2D eigenvalue weighted by molar-refractivity contribution is -0.139. The van der Waals surface area contributed by atoms with Crippen molar-refractivity contribution in [3.05, 3.63) is 21.9 Å². The Morgan fingerprint density at radius 1 is 1.46 bits per heavy atom. The van der Waals surface area contributed by atoms with Crippen LogP contribution in [-0.4, -0.2) is 11.1 Å². The summed E-state index contributed by atoms with van der Waals surface area (Å²) in [5, 5.41) is 10.4. The minimum atomic E-state index is -4.45. The van der Waals surface area contributed by atoms with Crippen LogP contribution in [0.3, 0.4) is 0 Å². The smallest absolute Gasteiger partial charge is 0.417 e. The van der Waals surface area contributed by atoms with E-state index in [4.69, 9.17) is 5.11 Å². The van der Waals surface area contributed by atoms with Gasteiger partial charge in [-0.25, -0.2) is 0 Å². The van der Waals surface area contributed by atoms with Gasteiger partial charge in [0.25, 0.3) is 0 Å². The molecule has 1 aromatic heterocycles. The van der Waals surface area contributed by atoms with Crippen molar-refractivity contribution in [2.45, 2.75) is 12.6 Å². The number of aliphatic carboxylic acids is 1. The molecule has 0 saturated heterocycles. The third kappa shape index (κ3) is 2.45. The van der Waals surface area contributed by atoms with Gasteiger partial charge < -0.3 is 5.11 Å². The van der Waals surface area contributed by atoms with Gasteiger partial charge in [-0.15, -0.1) is 0 Å². The van der Waals surface area contributed by atoms with E-state index in [1.807, 2.05) is 0 Å². The fraction of sp³-hybridized carbons (Fsp3) is 0.286. The van der Waals surface area contributed by atoms with Gasteiger partial charge in [0.1, 0.15) is 0 Å². The first-order valence-corrected chi connectivity index (χ1v) is 4.19. The van der Waals surface area contributed by atoms with E-state index < -0.39 is 24.1 Å². The molecule has 13 heavy (non-hydrogen) atoms. The standard InChI is InChI=1S/C7H5F3O2S/c8-7(9,10)5-3-13-2-4(5)1-6(11)12/h2-3H,1H2,(H,11,12). The Balaban J connectivity index is 2.96. The maximum Gasteiger partial charge on any atom is 0.417 e. The van der Waals surface area contributed by atoms with Crippen LogP contribution in [0, 0.1) is 0 Å². The summed E-state index contributed by atoms with van der Waals surface area (Å²) in [6, 6.07) is 0. The molecule has 0 bridgehead atoms. The zero-order chi connectivity index (χ0) is 10.1. The Bertz CT molecular complexity index is 316. The van der Waals surface area contributed by atoms with E-state index in [0.717, 1.165) is 16.7 Å². The summed E-state index contributed by atoms with van der Waals surface area (Å²) in [6.45, 7) is 0. The zero-order valence-corrected chi connectivity index (χ0v) is 7.08. The number of carbonyl (C=O) groups is 1. The van der Waals surface area contributed by atoms with Crippen LogP contribution in [0.25, 0.3) is 0 Å². The molecule has 6 heteroatoms. The average Bonchev–Trinajstić information content (AvgIpc) is 2.31. The largest absolute Gasteiger partial charge is 0.481 e. The van der Waals surface area contributed by atoms with Crippen LogP contribution in [0.5, 0.6) is 0 Å². The number of hydrogen-bond donors (Lipinski definition) is 1. The quantitative estimate of drug-likeness (QED) is 0.813. The molecule has 0 spiro atoms. The minimum absolute atomic E-state index is 0.176. The zero-order valence-electron chi connectivity index (χ0n) is 6.26. The van der Waals surface area contributed by atoms with Gasteiger partial charge in [0.15, 0.2) is 0 Å². The van der Waals surface area contributed by atoms with Crippen LogP contribution in [0.4, 0.5) is 13.2 Å². The van der Waals surface area contributed by atoms with E-state index in [-0.39, 0.29) is 5.56 Å². The number of alkyl halides is 3. The second-order valence-electron chi connectivity index (χ2n) is 2.38. The third-order valence-corrected chi connectivity index (χ3v) is 2.18. The summed E-state index contributed by atoms with van der Waals surface area (Å²) in [4.78, 5) is 10.2. The van der Waals surface area contributed by atoms with Crippen molar-refractivity contribution in [3.8, 4) is 0 Å². The Labute approximate surface area is 75.6 Å². The SMILES string of the molecule is O=C(O)Cc1cscc1C(F)(F)F. The summed E-state index contributed by atoms with van der Waals surface area (Å²) < 4.78 is 36.4. The van der Waals surface area contributed by atoms with E-state index in [1.54, 1.807) is 0 Å². The van der Waals surface area contributed by atoms with E-state index in [2.05, 4.69) is 0 Å². The summed E-state index contributed by atoms with van der Waals surface area (Å²) in [5.74, 6) is -1.26. The maximum absolute atomic E-state index is 12.1. The second kappa shape index (κ2) is 3.37. The fourth-order valence-electron chi connectivity index (χ4n) is 0.872. The highest BCUT2D eigenvalue weighted by molar-refractivity contribution is 7.08.